The second-order valence-electron chi connectivity index (χ2n) is 5.50. The van der Waals surface area contributed by atoms with E-state index < -0.39 is 0 Å². The zero-order valence-corrected chi connectivity index (χ0v) is 14.2. The number of rotatable bonds is 4. The number of likely N-dealkylation sites (tertiary alicyclic amines) is 1. The summed E-state index contributed by atoms with van der Waals surface area (Å²) in [4.78, 5) is 17.0. The number of carbonyl (C=O) groups is 1. The van der Waals surface area contributed by atoms with E-state index in [1.54, 1.807) is 17.0 Å². The molecule has 1 amide bonds. The lowest BCUT2D eigenvalue weighted by Crippen LogP contribution is -2.69. The average Bonchev–Trinajstić information content (AvgIpc) is 2.81. The Morgan fingerprint density at radius 1 is 1.45 bits per heavy atom. The quantitative estimate of drug-likeness (QED) is 0.623. The lowest BCUT2D eigenvalue weighted by Gasteiger charge is -2.19. The van der Waals surface area contributed by atoms with Crippen molar-refractivity contribution in [3.63, 3.8) is 0 Å². The third kappa shape index (κ3) is 3.55. The number of benzene rings is 1. The summed E-state index contributed by atoms with van der Waals surface area (Å²) >= 11 is 3.37. The molecule has 2 rings (SSSR count). The van der Waals surface area contributed by atoms with Gasteiger partial charge in [-0.25, -0.2) is 9.38 Å². The molecular formula is C16H20BrFN3O+. The zero-order chi connectivity index (χ0) is 16.3. The predicted molar refractivity (Wildman–Crippen MR) is 88.2 cm³/mol. The van der Waals surface area contributed by atoms with E-state index in [0.717, 1.165) is 17.8 Å². The summed E-state index contributed by atoms with van der Waals surface area (Å²) in [6.45, 7) is 4.65. The molecule has 0 bridgehead atoms. The third-order valence-electron chi connectivity index (χ3n) is 3.57. The number of carbonyl (C=O) groups excluding carboxylic acids is 1. The molecule has 3 N–H and O–H groups in total. The summed E-state index contributed by atoms with van der Waals surface area (Å²) in [6, 6.07) is 6.10. The third-order valence-corrected chi connectivity index (χ3v) is 4.41. The molecule has 1 saturated heterocycles. The zero-order valence-electron chi connectivity index (χ0n) is 12.6. The highest BCUT2D eigenvalue weighted by Gasteiger charge is 2.35. The number of nitrogens with one attached hydrogen (secondary N) is 1. The highest BCUT2D eigenvalue weighted by molar-refractivity contribution is 9.10. The van der Waals surface area contributed by atoms with E-state index in [9.17, 15) is 9.18 Å². The number of amides is 1. The molecule has 22 heavy (non-hydrogen) atoms. The van der Waals surface area contributed by atoms with E-state index >= 15 is 0 Å². The predicted octanol–water partition coefficient (Wildman–Crippen LogP) is 1.43. The van der Waals surface area contributed by atoms with Crippen LogP contribution in [0.1, 0.15) is 20.3 Å². The van der Waals surface area contributed by atoms with Crippen LogP contribution < -0.4 is 10.7 Å². The monoisotopic (exact) mass is 368 g/mol. The number of allylic oxidation sites excluding steroid dienone is 1. The summed E-state index contributed by atoms with van der Waals surface area (Å²) in [7, 11) is 0. The molecule has 6 heteroatoms. The van der Waals surface area contributed by atoms with Gasteiger partial charge in [-0.2, -0.15) is 0 Å². The van der Waals surface area contributed by atoms with E-state index in [2.05, 4.69) is 20.9 Å². The molecule has 1 aromatic rings. The van der Waals surface area contributed by atoms with Gasteiger partial charge in [0.2, 0.25) is 17.3 Å². The topological polar surface area (TPSA) is 60.3 Å². The first-order chi connectivity index (χ1) is 10.4. The second-order valence-corrected chi connectivity index (χ2v) is 6.60. The van der Waals surface area contributed by atoms with Crippen molar-refractivity contribution in [3.8, 4) is 0 Å². The van der Waals surface area contributed by atoms with Crippen LogP contribution >= 0.6 is 15.9 Å². The van der Waals surface area contributed by atoms with Crippen LogP contribution in [-0.2, 0) is 4.79 Å². The standard InChI is InChI=1S/C16H19BrFN3O/c1-10(2)15(20-12-5-3-11(18)4-6-12)14(9-19)21-8-7-13(17)16(21)22/h3-6,9-10,13H,7-8,19H2,1-2H3/p+1. The van der Waals surface area contributed by atoms with Crippen molar-refractivity contribution in [2.75, 3.05) is 6.54 Å². The molecule has 1 aliphatic heterocycles. The van der Waals surface area contributed by atoms with Crippen molar-refractivity contribution < 1.29 is 14.2 Å². The maximum Gasteiger partial charge on any atom is 0.241 e. The molecule has 118 valence electrons. The molecule has 1 heterocycles. The molecule has 1 fully saturated rings. The summed E-state index contributed by atoms with van der Waals surface area (Å²) in [5.74, 6) is -0.152. The Morgan fingerprint density at radius 3 is 2.55 bits per heavy atom. The van der Waals surface area contributed by atoms with Crippen LogP contribution in [0.15, 0.2) is 36.2 Å². The van der Waals surface area contributed by atoms with Crippen LogP contribution in [0.4, 0.5) is 10.1 Å². The number of hydrogen-bond acceptors (Lipinski definition) is 2. The van der Waals surface area contributed by atoms with Gasteiger partial charge in [-0.1, -0.05) is 29.8 Å². The molecule has 0 aromatic heterocycles. The Balaban J connectivity index is 2.37. The molecule has 1 atom stereocenters. The normalized spacial score (nSPS) is 20.1. The molecular weight excluding hydrogens is 349 g/mol. The van der Waals surface area contributed by atoms with Crippen LogP contribution in [0.2, 0.25) is 0 Å². The highest BCUT2D eigenvalue weighted by atomic mass is 79.9. The molecule has 1 aromatic carbocycles. The Hall–Kier alpha value is -1.69. The first kappa shape index (κ1) is 16.7. The first-order valence-electron chi connectivity index (χ1n) is 7.21. The average molecular weight is 369 g/mol. The molecule has 1 aliphatic rings. The smallest absolute Gasteiger partial charge is 0.241 e. The van der Waals surface area contributed by atoms with Crippen LogP contribution in [-0.4, -0.2) is 27.9 Å². The summed E-state index contributed by atoms with van der Waals surface area (Å²) in [5.41, 5.74) is 8.05. The number of halogens is 2. The van der Waals surface area contributed by atoms with Gasteiger partial charge in [0.1, 0.15) is 11.5 Å². The second kappa shape index (κ2) is 7.05. The van der Waals surface area contributed by atoms with Crippen LogP contribution in [0.3, 0.4) is 0 Å². The van der Waals surface area contributed by atoms with E-state index in [0.29, 0.717) is 12.2 Å². The first-order valence-corrected chi connectivity index (χ1v) is 8.12. The summed E-state index contributed by atoms with van der Waals surface area (Å²) in [6.07, 6.45) is 2.20. The fraction of sp³-hybridized carbons (Fsp3) is 0.375. The van der Waals surface area contributed by atoms with Crippen molar-refractivity contribution in [2.24, 2.45) is 11.7 Å². The molecule has 1 unspecified atom stereocenters. The van der Waals surface area contributed by atoms with Gasteiger partial charge in [0, 0.05) is 30.8 Å². The summed E-state index contributed by atoms with van der Waals surface area (Å²) in [5, 5.41) is 0. The Labute approximate surface area is 138 Å². The van der Waals surface area contributed by atoms with E-state index in [1.807, 2.05) is 13.8 Å². The fourth-order valence-corrected chi connectivity index (χ4v) is 2.85. The van der Waals surface area contributed by atoms with Gasteiger partial charge in [-0.15, -0.1) is 0 Å². The lowest BCUT2D eigenvalue weighted by molar-refractivity contribution is -0.357. The van der Waals surface area contributed by atoms with E-state index in [4.69, 9.17) is 5.73 Å². The summed E-state index contributed by atoms with van der Waals surface area (Å²) < 4.78 is 13.0. The minimum atomic E-state index is -0.289. The number of hydrogen-bond donors (Lipinski definition) is 2. The lowest BCUT2D eigenvalue weighted by atomic mass is 10.0. The molecule has 0 spiro atoms. The Kier molecular flexibility index (Phi) is 5.34. The minimum Gasteiger partial charge on any atom is -0.403 e. The fourth-order valence-electron chi connectivity index (χ4n) is 2.40. The number of nitrogens with zero attached hydrogens (tertiary/aromatic N) is 1. The Morgan fingerprint density at radius 2 is 2.09 bits per heavy atom. The van der Waals surface area contributed by atoms with Gasteiger partial charge >= 0.3 is 0 Å². The Bertz CT molecular complexity index is 610. The van der Waals surface area contributed by atoms with Crippen molar-refractivity contribution >= 4 is 33.2 Å². The molecule has 4 nitrogen and oxygen atoms in total. The molecule has 0 radical (unpaired) electrons. The van der Waals surface area contributed by atoms with Crippen molar-refractivity contribution in [3.05, 3.63) is 42.0 Å². The maximum atomic E-state index is 13.0. The number of nitrogens with two attached hydrogens (primary N) is 1. The number of alkyl halides is 1. The van der Waals surface area contributed by atoms with Crippen LogP contribution in [0.25, 0.3) is 0 Å². The van der Waals surface area contributed by atoms with E-state index in [1.165, 1.54) is 18.3 Å². The van der Waals surface area contributed by atoms with Gasteiger partial charge in [0.25, 0.3) is 0 Å². The van der Waals surface area contributed by atoms with Gasteiger partial charge in [-0.05, 0) is 18.6 Å². The van der Waals surface area contributed by atoms with E-state index in [-0.39, 0.29) is 22.5 Å². The van der Waals surface area contributed by atoms with Crippen molar-refractivity contribution in [2.45, 2.75) is 25.1 Å². The van der Waals surface area contributed by atoms with Gasteiger partial charge in [0.15, 0.2) is 0 Å². The van der Waals surface area contributed by atoms with Gasteiger partial charge < -0.3 is 10.6 Å². The maximum absolute atomic E-state index is 13.0. The van der Waals surface area contributed by atoms with Gasteiger partial charge in [-0.3, -0.25) is 4.79 Å². The van der Waals surface area contributed by atoms with Gasteiger partial charge in [0.05, 0.1) is 4.83 Å². The highest BCUT2D eigenvalue weighted by Crippen LogP contribution is 2.23. The largest absolute Gasteiger partial charge is 0.403 e. The molecule has 0 aliphatic carbocycles. The van der Waals surface area contributed by atoms with Crippen LogP contribution in [0.5, 0.6) is 0 Å². The SMILES string of the molecule is CC(C)C(=[NH+]c1ccc(F)cc1)C(=CN)N1CCC(Br)C1=O. The minimum absolute atomic E-state index is 0.00996. The molecule has 0 saturated carbocycles. The van der Waals surface area contributed by atoms with Crippen molar-refractivity contribution in [1.82, 2.24) is 4.90 Å². The van der Waals surface area contributed by atoms with Crippen molar-refractivity contribution in [1.29, 1.82) is 0 Å². The van der Waals surface area contributed by atoms with Crippen LogP contribution in [0, 0.1) is 11.7 Å².